The fourth-order valence-electron chi connectivity index (χ4n) is 4.10. The van der Waals surface area contributed by atoms with Crippen LogP contribution in [-0.4, -0.2) is 147 Å². The number of H-pyrrole nitrogens is 1. The van der Waals surface area contributed by atoms with Crippen LogP contribution in [-0.2, 0) is 11.5 Å². The molecule has 13 heteroatoms. The number of ether oxygens (including phenoxy) is 1. The normalized spacial score (nSPS) is 10.8. The van der Waals surface area contributed by atoms with Gasteiger partial charge in [0.15, 0.2) is 11.2 Å². The molecule has 274 valence electrons. The summed E-state index contributed by atoms with van der Waals surface area (Å²) >= 11 is 0. The van der Waals surface area contributed by atoms with Crippen molar-refractivity contribution in [1.82, 2.24) is 39.1 Å². The summed E-state index contributed by atoms with van der Waals surface area (Å²) in [6.45, 7) is 39.9. The average molecular weight is 660 g/mol. The molecule has 2 rings (SSSR count). The molecule has 2 aromatic rings. The predicted molar refractivity (Wildman–Crippen MR) is 195 cm³/mol. The molecule has 0 amide bonds. The zero-order chi connectivity index (χ0) is 35.9. The molecule has 0 spiro atoms. The van der Waals surface area contributed by atoms with E-state index in [0.29, 0.717) is 0 Å². The third kappa shape index (κ3) is 22.4. The lowest BCUT2D eigenvalue weighted by Crippen LogP contribution is -2.23. The van der Waals surface area contributed by atoms with Crippen molar-refractivity contribution in [3.05, 3.63) is 16.7 Å². The molecular formula is C33H73N9O4. The second-order valence-corrected chi connectivity index (χ2v) is 10.1. The predicted octanol–water partition coefficient (Wildman–Crippen LogP) is 3.42. The summed E-state index contributed by atoms with van der Waals surface area (Å²) in [5.74, 6) is -0.0184. The Morgan fingerprint density at radius 3 is 1.28 bits per heavy atom. The monoisotopic (exact) mass is 660 g/mol. The lowest BCUT2D eigenvalue weighted by atomic mass is 10.4. The molecule has 0 aliphatic heterocycles. The number of hydrogen-bond donors (Lipinski definition) is 4. The first-order valence-corrected chi connectivity index (χ1v) is 17.5. The summed E-state index contributed by atoms with van der Waals surface area (Å²) in [5, 5.41) is 17.7. The number of anilines is 1. The van der Waals surface area contributed by atoms with Crippen LogP contribution >= 0.6 is 0 Å². The number of aromatic amines is 1. The fourth-order valence-corrected chi connectivity index (χ4v) is 4.10. The summed E-state index contributed by atoms with van der Waals surface area (Å²) in [4.78, 5) is 31.1. The van der Waals surface area contributed by atoms with E-state index >= 15 is 0 Å². The molecule has 0 aliphatic carbocycles. The Balaban J connectivity index is -0.000000556. The minimum Gasteiger partial charge on any atom is -0.394 e. The van der Waals surface area contributed by atoms with E-state index in [-0.39, 0.29) is 37.1 Å². The van der Waals surface area contributed by atoms with Crippen LogP contribution < -0.4 is 11.3 Å². The molecule has 0 atom stereocenters. The molecule has 46 heavy (non-hydrogen) atoms. The van der Waals surface area contributed by atoms with E-state index in [0.717, 1.165) is 0 Å². The molecule has 13 nitrogen and oxygen atoms in total. The highest BCUT2D eigenvalue weighted by atomic mass is 16.5. The lowest BCUT2D eigenvalue weighted by molar-refractivity contribution is -0.0488. The molecule has 2 heterocycles. The molecule has 0 fully saturated rings. The molecule has 0 saturated carbocycles. The van der Waals surface area contributed by atoms with E-state index in [9.17, 15) is 4.79 Å². The second-order valence-electron chi connectivity index (χ2n) is 10.1. The first kappa shape index (κ1) is 48.3. The molecule has 5 N–H and O–H groups in total. The van der Waals surface area contributed by atoms with Gasteiger partial charge in [-0.25, -0.2) is 4.98 Å². The van der Waals surface area contributed by atoms with Gasteiger partial charge in [-0.15, -0.1) is 0 Å². The Morgan fingerprint density at radius 2 is 1.02 bits per heavy atom. The van der Waals surface area contributed by atoms with E-state index < -0.39 is 11.7 Å². The van der Waals surface area contributed by atoms with Crippen molar-refractivity contribution in [2.45, 2.75) is 95.9 Å². The highest BCUT2D eigenvalue weighted by Gasteiger charge is 2.11. The van der Waals surface area contributed by atoms with Crippen LogP contribution in [0.4, 0.5) is 5.95 Å². The van der Waals surface area contributed by atoms with Crippen molar-refractivity contribution in [1.29, 1.82) is 0 Å². The molecular weight excluding hydrogens is 586 g/mol. The van der Waals surface area contributed by atoms with Crippen LogP contribution in [0.1, 0.15) is 83.1 Å². The first-order chi connectivity index (χ1) is 22.0. The van der Waals surface area contributed by atoms with Gasteiger partial charge >= 0.3 is 0 Å². The molecule has 0 radical (unpaired) electrons. The minimum atomic E-state index is -0.693. The summed E-state index contributed by atoms with van der Waals surface area (Å²) in [7, 11) is 0. The quantitative estimate of drug-likeness (QED) is 0.198. The number of nitrogens with two attached hydrogens (primary N) is 1. The van der Waals surface area contributed by atoms with E-state index in [4.69, 9.17) is 20.7 Å². The van der Waals surface area contributed by atoms with E-state index in [1.165, 1.54) is 89.4 Å². The van der Waals surface area contributed by atoms with Gasteiger partial charge < -0.3 is 40.3 Å². The smallest absolute Gasteiger partial charge is 0.280 e. The van der Waals surface area contributed by atoms with Gasteiger partial charge in [-0.2, -0.15) is 4.98 Å². The summed E-state index contributed by atoms with van der Waals surface area (Å²) in [6.07, 6.45) is 0.680. The highest BCUT2D eigenvalue weighted by Crippen LogP contribution is 2.07. The van der Waals surface area contributed by atoms with E-state index in [1.54, 1.807) is 0 Å². The third-order valence-corrected chi connectivity index (χ3v) is 7.72. The van der Waals surface area contributed by atoms with Crippen molar-refractivity contribution in [3.8, 4) is 0 Å². The van der Waals surface area contributed by atoms with Gasteiger partial charge in [0.25, 0.3) is 5.56 Å². The van der Waals surface area contributed by atoms with Gasteiger partial charge in [0.05, 0.1) is 19.5 Å². The van der Waals surface area contributed by atoms with Gasteiger partial charge in [0.1, 0.15) is 12.8 Å². The molecule has 0 aliphatic rings. The number of aliphatic hydroxyl groups is 2. The van der Waals surface area contributed by atoms with Gasteiger partial charge in [0.2, 0.25) is 5.95 Å². The van der Waals surface area contributed by atoms with Crippen molar-refractivity contribution in [2.24, 2.45) is 0 Å². The first-order valence-electron chi connectivity index (χ1n) is 17.5. The summed E-state index contributed by atoms with van der Waals surface area (Å²) < 4.78 is 6.66. The van der Waals surface area contributed by atoms with Crippen molar-refractivity contribution in [2.75, 3.05) is 97.5 Å². The zero-order valence-electron chi connectivity index (χ0n) is 31.7. The Bertz CT molecular complexity index is 884. The third-order valence-electron chi connectivity index (χ3n) is 7.72. The Morgan fingerprint density at radius 1 is 0.696 bits per heavy atom. The number of imidazole rings is 1. The Kier molecular flexibility index (Phi) is 34.4. The fraction of sp³-hybridized carbons (Fsp3) is 0.848. The van der Waals surface area contributed by atoms with Crippen LogP contribution in [0.5, 0.6) is 0 Å². The number of nitrogens with one attached hydrogen (secondary N) is 1. The standard InChI is InChI=1S/C9H13N5O4.4C6H15N/c10-9-12-7-6(8(17)13-9)11-3-14(7)4-18-5(1-15)2-16;4*1-4-7(5-2)6-3/h3,5,15-16H,1-2,4H2,(H3,10,12,13,17);4*4-6H2,1-3H3. The summed E-state index contributed by atoms with van der Waals surface area (Å²) in [5.41, 5.74) is 5.43. The average Bonchev–Trinajstić information content (AvgIpc) is 3.49. The Hall–Kier alpha value is -2.13. The summed E-state index contributed by atoms with van der Waals surface area (Å²) in [6, 6.07) is 0. The molecule has 0 bridgehead atoms. The maximum Gasteiger partial charge on any atom is 0.280 e. The number of nitrogens with zero attached hydrogens (tertiary/aromatic N) is 7. The van der Waals surface area contributed by atoms with Crippen molar-refractivity contribution in [3.63, 3.8) is 0 Å². The van der Waals surface area contributed by atoms with Gasteiger partial charge in [-0.05, 0) is 78.5 Å². The van der Waals surface area contributed by atoms with Crippen LogP contribution in [0.25, 0.3) is 11.2 Å². The van der Waals surface area contributed by atoms with Crippen LogP contribution in [0.3, 0.4) is 0 Å². The van der Waals surface area contributed by atoms with Gasteiger partial charge in [-0.3, -0.25) is 14.3 Å². The molecule has 2 aromatic heterocycles. The number of hydrogen-bond acceptors (Lipinski definition) is 11. The molecule has 0 aromatic carbocycles. The van der Waals surface area contributed by atoms with Gasteiger partial charge in [0, 0.05) is 0 Å². The van der Waals surface area contributed by atoms with Crippen molar-refractivity contribution >= 4 is 17.1 Å². The number of nitrogen functional groups attached to an aromatic ring is 1. The molecule has 0 unspecified atom stereocenters. The number of rotatable bonds is 17. The number of aromatic nitrogens is 4. The maximum atomic E-state index is 11.5. The van der Waals surface area contributed by atoms with E-state index in [2.05, 4.69) is 118 Å². The lowest BCUT2D eigenvalue weighted by Gasteiger charge is -2.13. The SMILES string of the molecule is CCN(CC)CC.CCN(CC)CC.CCN(CC)CC.CCN(CC)CC.Nc1nc2c(ncn2COC(CO)CO)c(=O)[nH]1. The Labute approximate surface area is 281 Å². The van der Waals surface area contributed by atoms with Crippen molar-refractivity contribution < 1.29 is 14.9 Å². The highest BCUT2D eigenvalue weighted by molar-refractivity contribution is 5.70. The van der Waals surface area contributed by atoms with Crippen LogP contribution in [0.15, 0.2) is 11.1 Å². The molecule has 0 saturated heterocycles. The maximum absolute atomic E-state index is 11.5. The minimum absolute atomic E-state index is 0.00181. The van der Waals surface area contributed by atoms with E-state index in [1.807, 2.05) is 0 Å². The number of aliphatic hydroxyl groups excluding tert-OH is 2. The van der Waals surface area contributed by atoms with Crippen LogP contribution in [0.2, 0.25) is 0 Å². The van der Waals surface area contributed by atoms with Gasteiger partial charge in [-0.1, -0.05) is 83.1 Å². The second kappa shape index (κ2) is 32.8. The van der Waals surface area contributed by atoms with Crippen LogP contribution in [0, 0.1) is 0 Å². The largest absolute Gasteiger partial charge is 0.394 e. The number of fused-ring (bicyclic) bond motifs is 1. The zero-order valence-corrected chi connectivity index (χ0v) is 31.7. The topological polar surface area (TPSA) is 152 Å².